The highest BCUT2D eigenvalue weighted by Crippen LogP contribution is 2.12. The number of aromatic nitrogens is 1. The standard InChI is InChI=1S/C11H11NO4S/c1-2-9-5-3-4-6-10(9)12-11(7-8-16-12)17(13,14)15/h3-8H,2H2,1H3. The maximum absolute atomic E-state index is 11.1. The predicted octanol–water partition coefficient (Wildman–Crippen LogP) is 1.02. The van der Waals surface area contributed by atoms with E-state index in [0.29, 0.717) is 12.1 Å². The third kappa shape index (κ3) is 2.22. The smallest absolute Gasteiger partial charge is 0.340 e. The van der Waals surface area contributed by atoms with Crippen molar-refractivity contribution in [2.24, 2.45) is 0 Å². The van der Waals surface area contributed by atoms with E-state index in [1.54, 1.807) is 12.1 Å². The molecule has 0 unspecified atom stereocenters. The predicted molar refractivity (Wildman–Crippen MR) is 57.6 cm³/mol. The Hall–Kier alpha value is -1.66. The van der Waals surface area contributed by atoms with Crippen LogP contribution >= 0.6 is 0 Å². The molecule has 0 bridgehead atoms. The van der Waals surface area contributed by atoms with Gasteiger partial charge < -0.3 is 4.55 Å². The van der Waals surface area contributed by atoms with Crippen molar-refractivity contribution in [2.75, 3.05) is 0 Å². The Balaban J connectivity index is 2.66. The third-order valence-electron chi connectivity index (χ3n) is 2.42. The van der Waals surface area contributed by atoms with E-state index < -0.39 is 15.1 Å². The number of rotatable bonds is 3. The molecule has 0 fully saturated rings. The largest absolute Gasteiger partial charge is 0.739 e. The van der Waals surface area contributed by atoms with E-state index in [0.717, 1.165) is 16.4 Å². The zero-order valence-corrected chi connectivity index (χ0v) is 9.98. The van der Waals surface area contributed by atoms with Gasteiger partial charge in [-0.3, -0.25) is 0 Å². The van der Waals surface area contributed by atoms with Gasteiger partial charge in [0.2, 0.25) is 0 Å². The molecule has 1 aromatic carbocycles. The summed E-state index contributed by atoms with van der Waals surface area (Å²) < 4.78 is 39.3. The lowest BCUT2D eigenvalue weighted by Gasteiger charge is -2.02. The van der Waals surface area contributed by atoms with Crippen molar-refractivity contribution in [3.63, 3.8) is 0 Å². The lowest BCUT2D eigenvalue weighted by molar-refractivity contribution is -0.815. The molecule has 0 N–H and O–H groups in total. The molecule has 0 saturated carbocycles. The van der Waals surface area contributed by atoms with Crippen LogP contribution in [0.3, 0.4) is 0 Å². The molecule has 0 amide bonds. The van der Waals surface area contributed by atoms with Gasteiger partial charge in [0.25, 0.3) is 5.69 Å². The first-order valence-electron chi connectivity index (χ1n) is 5.08. The molecule has 6 heteroatoms. The van der Waals surface area contributed by atoms with Crippen molar-refractivity contribution < 1.29 is 22.2 Å². The van der Waals surface area contributed by atoms with Gasteiger partial charge >= 0.3 is 5.03 Å². The summed E-state index contributed by atoms with van der Waals surface area (Å²) in [6, 6.07) is 8.31. The van der Waals surface area contributed by atoms with E-state index in [-0.39, 0.29) is 0 Å². The second-order valence-corrected chi connectivity index (χ2v) is 4.80. The highest BCUT2D eigenvalue weighted by molar-refractivity contribution is 7.85. The lowest BCUT2D eigenvalue weighted by atomic mass is 10.1. The molecule has 2 rings (SSSR count). The number of hydrogen-bond donors (Lipinski definition) is 0. The summed E-state index contributed by atoms with van der Waals surface area (Å²) in [7, 11) is -4.54. The SMILES string of the molecule is CCc1ccccc1-[n+]1occc1S(=O)(=O)[O-]. The molecule has 1 heterocycles. The molecule has 2 aromatic rings. The van der Waals surface area contributed by atoms with Gasteiger partial charge in [0.15, 0.2) is 16.4 Å². The fourth-order valence-electron chi connectivity index (χ4n) is 1.64. The number of benzene rings is 1. The van der Waals surface area contributed by atoms with Crippen LogP contribution in [-0.2, 0) is 16.5 Å². The summed E-state index contributed by atoms with van der Waals surface area (Å²) in [5, 5.41) is -0.390. The molecule has 0 spiro atoms. The van der Waals surface area contributed by atoms with Crippen molar-refractivity contribution in [3.8, 4) is 5.69 Å². The molecule has 0 radical (unpaired) electrons. The summed E-state index contributed by atoms with van der Waals surface area (Å²) in [6.45, 7) is 1.94. The fourth-order valence-corrected chi connectivity index (χ4v) is 2.20. The second kappa shape index (κ2) is 4.31. The first-order chi connectivity index (χ1) is 8.04. The zero-order chi connectivity index (χ0) is 12.5. The first-order valence-corrected chi connectivity index (χ1v) is 6.49. The maximum atomic E-state index is 11.1. The van der Waals surface area contributed by atoms with Crippen LogP contribution in [0.15, 0.2) is 46.1 Å². The van der Waals surface area contributed by atoms with Gasteiger partial charge in [-0.2, -0.15) is 0 Å². The average Bonchev–Trinajstić information content (AvgIpc) is 2.77. The minimum atomic E-state index is -4.54. The van der Waals surface area contributed by atoms with Crippen LogP contribution in [0.25, 0.3) is 5.69 Å². The fraction of sp³-hybridized carbons (Fsp3) is 0.182. The van der Waals surface area contributed by atoms with Crippen LogP contribution in [0.2, 0.25) is 0 Å². The molecular weight excluding hydrogens is 242 g/mol. The summed E-state index contributed by atoms with van der Waals surface area (Å²) in [4.78, 5) is 0. The Labute approximate surface area is 99.0 Å². The summed E-state index contributed by atoms with van der Waals surface area (Å²) >= 11 is 0. The van der Waals surface area contributed by atoms with Crippen molar-refractivity contribution in [1.82, 2.24) is 0 Å². The molecule has 0 saturated heterocycles. The Morgan fingerprint density at radius 3 is 2.65 bits per heavy atom. The van der Waals surface area contributed by atoms with Crippen molar-refractivity contribution in [1.29, 1.82) is 0 Å². The molecule has 17 heavy (non-hydrogen) atoms. The quantitative estimate of drug-likeness (QED) is 0.604. The summed E-state index contributed by atoms with van der Waals surface area (Å²) in [5.41, 5.74) is 1.46. The van der Waals surface area contributed by atoms with Gasteiger partial charge in [-0.1, -0.05) is 25.1 Å². The zero-order valence-electron chi connectivity index (χ0n) is 9.16. The monoisotopic (exact) mass is 253 g/mol. The van der Waals surface area contributed by atoms with E-state index >= 15 is 0 Å². The van der Waals surface area contributed by atoms with E-state index in [1.807, 2.05) is 19.1 Å². The minimum Gasteiger partial charge on any atom is -0.739 e. The normalized spacial score (nSPS) is 11.6. The van der Waals surface area contributed by atoms with Gasteiger partial charge in [-0.25, -0.2) is 12.9 Å². The highest BCUT2D eigenvalue weighted by atomic mass is 32.2. The van der Waals surface area contributed by atoms with Crippen LogP contribution < -0.4 is 4.74 Å². The van der Waals surface area contributed by atoms with Gasteiger partial charge in [-0.15, -0.1) is 0 Å². The van der Waals surface area contributed by atoms with Gasteiger partial charge in [-0.05, 0) is 6.42 Å². The summed E-state index contributed by atoms with van der Waals surface area (Å²) in [6.07, 6.45) is 1.89. The van der Waals surface area contributed by atoms with Crippen LogP contribution in [0.4, 0.5) is 0 Å². The van der Waals surface area contributed by atoms with Gasteiger partial charge in [0, 0.05) is 16.4 Å². The van der Waals surface area contributed by atoms with Crippen LogP contribution in [-0.4, -0.2) is 13.0 Å². The Kier molecular flexibility index (Phi) is 2.99. The molecule has 0 aliphatic carbocycles. The van der Waals surface area contributed by atoms with Crippen LogP contribution in [0.5, 0.6) is 0 Å². The topological polar surface area (TPSA) is 74.2 Å². The van der Waals surface area contributed by atoms with Crippen molar-refractivity contribution in [2.45, 2.75) is 18.4 Å². The van der Waals surface area contributed by atoms with Crippen molar-refractivity contribution in [3.05, 3.63) is 42.2 Å². The number of aryl methyl sites for hydroxylation is 1. The van der Waals surface area contributed by atoms with E-state index in [2.05, 4.69) is 0 Å². The number of para-hydroxylation sites is 1. The Bertz CT molecular complexity index is 630. The third-order valence-corrected chi connectivity index (χ3v) is 3.24. The first kappa shape index (κ1) is 11.8. The lowest BCUT2D eigenvalue weighted by Crippen LogP contribution is -2.35. The molecule has 0 aliphatic heterocycles. The summed E-state index contributed by atoms with van der Waals surface area (Å²) in [5.74, 6) is 0. The molecular formula is C11H11NO4S. The molecule has 5 nitrogen and oxygen atoms in total. The van der Waals surface area contributed by atoms with Gasteiger partial charge in [0.05, 0.1) is 6.07 Å². The van der Waals surface area contributed by atoms with E-state index in [9.17, 15) is 13.0 Å². The minimum absolute atomic E-state index is 0.390. The maximum Gasteiger partial charge on any atom is 0.340 e. The van der Waals surface area contributed by atoms with E-state index in [4.69, 9.17) is 4.52 Å². The molecule has 90 valence electrons. The van der Waals surface area contributed by atoms with Gasteiger partial charge in [0.1, 0.15) is 0 Å². The second-order valence-electron chi connectivity index (χ2n) is 3.48. The molecule has 1 aromatic heterocycles. The number of nitrogens with zero attached hydrogens (tertiary/aromatic N) is 1. The Morgan fingerprint density at radius 2 is 2.00 bits per heavy atom. The molecule has 0 atom stereocenters. The Morgan fingerprint density at radius 1 is 1.29 bits per heavy atom. The van der Waals surface area contributed by atoms with E-state index in [1.165, 1.54) is 6.26 Å². The molecule has 0 aliphatic rings. The number of hydrogen-bond acceptors (Lipinski definition) is 4. The van der Waals surface area contributed by atoms with Crippen LogP contribution in [0, 0.1) is 0 Å². The van der Waals surface area contributed by atoms with Crippen molar-refractivity contribution >= 4 is 10.1 Å². The van der Waals surface area contributed by atoms with Crippen LogP contribution in [0.1, 0.15) is 12.5 Å². The average molecular weight is 253 g/mol. The highest BCUT2D eigenvalue weighted by Gasteiger charge is 2.25.